The molecule has 0 aromatic carbocycles. The molecule has 1 aliphatic rings. The first-order valence-corrected chi connectivity index (χ1v) is 4.19. The number of hydrogen-bond donors (Lipinski definition) is 0. The van der Waals surface area contributed by atoms with E-state index in [4.69, 9.17) is 4.74 Å². The standard InChI is InChI=1S/C8H15F2NO/c1-6-3-7(4-11(6)2)12-5-8(9)10/h6-8H,3-5H2,1-2H3/t6-,7?/m1/s1. The van der Waals surface area contributed by atoms with E-state index in [2.05, 4.69) is 11.8 Å². The predicted molar refractivity (Wildman–Crippen MR) is 42.5 cm³/mol. The van der Waals surface area contributed by atoms with Crippen molar-refractivity contribution in [3.8, 4) is 0 Å². The SMILES string of the molecule is C[C@@H]1CC(OCC(F)F)CN1C. The molecule has 1 fully saturated rings. The summed E-state index contributed by atoms with van der Waals surface area (Å²) in [5.74, 6) is 0. The fourth-order valence-electron chi connectivity index (χ4n) is 1.47. The van der Waals surface area contributed by atoms with E-state index in [0.717, 1.165) is 13.0 Å². The second kappa shape index (κ2) is 4.14. The minimum Gasteiger partial charge on any atom is -0.371 e. The van der Waals surface area contributed by atoms with Gasteiger partial charge in [-0.2, -0.15) is 0 Å². The highest BCUT2D eigenvalue weighted by molar-refractivity contribution is 4.80. The zero-order chi connectivity index (χ0) is 9.14. The Bertz CT molecular complexity index is 133. The average molecular weight is 179 g/mol. The highest BCUT2D eigenvalue weighted by atomic mass is 19.3. The fourth-order valence-corrected chi connectivity index (χ4v) is 1.47. The van der Waals surface area contributed by atoms with Crippen LogP contribution in [0.4, 0.5) is 8.78 Å². The van der Waals surface area contributed by atoms with Crippen molar-refractivity contribution in [1.82, 2.24) is 4.90 Å². The molecule has 2 atom stereocenters. The van der Waals surface area contributed by atoms with E-state index < -0.39 is 13.0 Å². The van der Waals surface area contributed by atoms with Crippen LogP contribution in [0.1, 0.15) is 13.3 Å². The van der Waals surface area contributed by atoms with Crippen LogP contribution in [0, 0.1) is 0 Å². The van der Waals surface area contributed by atoms with Gasteiger partial charge in [0.25, 0.3) is 6.43 Å². The summed E-state index contributed by atoms with van der Waals surface area (Å²) < 4.78 is 28.5. The second-order valence-corrected chi connectivity index (χ2v) is 3.37. The van der Waals surface area contributed by atoms with Crippen LogP contribution in [0.2, 0.25) is 0 Å². The molecule has 0 radical (unpaired) electrons. The lowest BCUT2D eigenvalue weighted by Crippen LogP contribution is -2.23. The average Bonchev–Trinajstić information content (AvgIpc) is 2.28. The van der Waals surface area contributed by atoms with Crippen molar-refractivity contribution in [2.45, 2.75) is 31.9 Å². The number of likely N-dealkylation sites (N-methyl/N-ethyl adjacent to an activating group) is 1. The lowest BCUT2D eigenvalue weighted by atomic mass is 10.2. The molecule has 0 spiro atoms. The van der Waals surface area contributed by atoms with Crippen molar-refractivity contribution >= 4 is 0 Å². The summed E-state index contributed by atoms with van der Waals surface area (Å²) in [6.45, 7) is 2.42. The van der Waals surface area contributed by atoms with Crippen molar-refractivity contribution in [3.05, 3.63) is 0 Å². The third-order valence-electron chi connectivity index (χ3n) is 2.31. The van der Waals surface area contributed by atoms with Crippen molar-refractivity contribution in [1.29, 1.82) is 0 Å². The quantitative estimate of drug-likeness (QED) is 0.648. The normalized spacial score (nSPS) is 31.8. The minimum atomic E-state index is -2.34. The van der Waals surface area contributed by atoms with Crippen LogP contribution in [0.25, 0.3) is 0 Å². The van der Waals surface area contributed by atoms with Gasteiger partial charge in [-0.25, -0.2) is 8.78 Å². The highest BCUT2D eigenvalue weighted by Gasteiger charge is 2.27. The van der Waals surface area contributed by atoms with Gasteiger partial charge < -0.3 is 9.64 Å². The zero-order valence-electron chi connectivity index (χ0n) is 7.46. The van der Waals surface area contributed by atoms with Gasteiger partial charge in [0.15, 0.2) is 0 Å². The Morgan fingerprint density at radius 1 is 1.58 bits per heavy atom. The molecule has 1 heterocycles. The van der Waals surface area contributed by atoms with E-state index in [1.54, 1.807) is 0 Å². The fraction of sp³-hybridized carbons (Fsp3) is 1.00. The number of alkyl halides is 2. The molecule has 0 amide bonds. The van der Waals surface area contributed by atoms with Gasteiger partial charge in [-0.1, -0.05) is 0 Å². The molecule has 0 saturated carbocycles. The molecular formula is C8H15F2NO. The Morgan fingerprint density at radius 3 is 2.67 bits per heavy atom. The summed E-state index contributed by atoms with van der Waals surface area (Å²) in [5.41, 5.74) is 0. The van der Waals surface area contributed by atoms with Gasteiger partial charge in [-0.3, -0.25) is 0 Å². The Balaban J connectivity index is 2.19. The maximum Gasteiger partial charge on any atom is 0.261 e. The first kappa shape index (κ1) is 9.86. The topological polar surface area (TPSA) is 12.5 Å². The predicted octanol–water partition coefficient (Wildman–Crippen LogP) is 1.36. The lowest BCUT2D eigenvalue weighted by Gasteiger charge is -2.12. The van der Waals surface area contributed by atoms with E-state index in [9.17, 15) is 8.78 Å². The first-order valence-electron chi connectivity index (χ1n) is 4.19. The molecule has 12 heavy (non-hydrogen) atoms. The van der Waals surface area contributed by atoms with Gasteiger partial charge in [0.05, 0.1) is 6.10 Å². The molecule has 1 rings (SSSR count). The summed E-state index contributed by atoms with van der Waals surface area (Å²) in [6, 6.07) is 0.452. The van der Waals surface area contributed by atoms with Crippen molar-refractivity contribution < 1.29 is 13.5 Å². The Morgan fingerprint density at radius 2 is 2.25 bits per heavy atom. The van der Waals surface area contributed by atoms with E-state index in [1.165, 1.54) is 0 Å². The van der Waals surface area contributed by atoms with E-state index in [-0.39, 0.29) is 6.10 Å². The number of ether oxygens (including phenoxy) is 1. The first-order chi connectivity index (χ1) is 5.59. The number of rotatable bonds is 3. The second-order valence-electron chi connectivity index (χ2n) is 3.37. The number of likely N-dealkylation sites (tertiary alicyclic amines) is 1. The van der Waals surface area contributed by atoms with Crippen molar-refractivity contribution in [3.63, 3.8) is 0 Å². The summed E-state index contributed by atoms with van der Waals surface area (Å²) in [7, 11) is 1.98. The van der Waals surface area contributed by atoms with Crippen LogP contribution in [0.5, 0.6) is 0 Å². The van der Waals surface area contributed by atoms with Crippen LogP contribution < -0.4 is 0 Å². The molecule has 0 aliphatic carbocycles. The maximum absolute atomic E-state index is 11.7. The number of halogens is 2. The molecule has 0 aromatic heterocycles. The largest absolute Gasteiger partial charge is 0.371 e. The monoisotopic (exact) mass is 179 g/mol. The summed E-state index contributed by atoms with van der Waals surface area (Å²) in [4.78, 5) is 2.12. The van der Waals surface area contributed by atoms with Gasteiger partial charge >= 0.3 is 0 Å². The van der Waals surface area contributed by atoms with Crippen LogP contribution in [0.15, 0.2) is 0 Å². The molecule has 1 saturated heterocycles. The van der Waals surface area contributed by atoms with Crippen molar-refractivity contribution in [2.24, 2.45) is 0 Å². The zero-order valence-corrected chi connectivity index (χ0v) is 7.46. The Kier molecular flexibility index (Phi) is 3.40. The van der Waals surface area contributed by atoms with Gasteiger partial charge in [-0.15, -0.1) is 0 Å². The van der Waals surface area contributed by atoms with E-state index in [0.29, 0.717) is 6.04 Å². The smallest absolute Gasteiger partial charge is 0.261 e. The molecular weight excluding hydrogens is 164 g/mol. The third-order valence-corrected chi connectivity index (χ3v) is 2.31. The van der Waals surface area contributed by atoms with Crippen LogP contribution in [-0.2, 0) is 4.74 Å². The third kappa shape index (κ3) is 2.68. The van der Waals surface area contributed by atoms with Crippen molar-refractivity contribution in [2.75, 3.05) is 20.2 Å². The van der Waals surface area contributed by atoms with Gasteiger partial charge in [-0.05, 0) is 20.4 Å². The van der Waals surface area contributed by atoms with Gasteiger partial charge in [0.1, 0.15) is 6.61 Å². The Hall–Kier alpha value is -0.220. The molecule has 2 nitrogen and oxygen atoms in total. The summed E-state index contributed by atoms with van der Waals surface area (Å²) in [6.07, 6.45) is -1.48. The number of hydrogen-bond acceptors (Lipinski definition) is 2. The van der Waals surface area contributed by atoms with Crippen LogP contribution >= 0.6 is 0 Å². The molecule has 0 bridgehead atoms. The van der Waals surface area contributed by atoms with E-state index in [1.807, 2.05) is 7.05 Å². The summed E-state index contributed by atoms with van der Waals surface area (Å²) in [5, 5.41) is 0. The van der Waals surface area contributed by atoms with E-state index >= 15 is 0 Å². The molecule has 0 aromatic rings. The van der Waals surface area contributed by atoms with Gasteiger partial charge in [0.2, 0.25) is 0 Å². The molecule has 72 valence electrons. The van der Waals surface area contributed by atoms with Crippen LogP contribution in [0.3, 0.4) is 0 Å². The van der Waals surface area contributed by atoms with Gasteiger partial charge in [0, 0.05) is 12.6 Å². The molecule has 4 heteroatoms. The highest BCUT2D eigenvalue weighted by Crippen LogP contribution is 2.18. The molecule has 1 aliphatic heterocycles. The maximum atomic E-state index is 11.7. The molecule has 0 N–H and O–H groups in total. The minimum absolute atomic E-state index is 0.000926. The number of nitrogens with zero attached hydrogens (tertiary/aromatic N) is 1. The summed E-state index contributed by atoms with van der Waals surface area (Å²) >= 11 is 0. The lowest BCUT2D eigenvalue weighted by molar-refractivity contribution is -0.0192. The Labute approximate surface area is 71.5 Å². The van der Waals surface area contributed by atoms with Crippen LogP contribution in [-0.4, -0.2) is 43.7 Å². The molecule has 1 unspecified atom stereocenters.